The van der Waals surface area contributed by atoms with Gasteiger partial charge in [-0.2, -0.15) is 8.42 Å². The molecule has 1 rings (SSSR count). The summed E-state index contributed by atoms with van der Waals surface area (Å²) >= 11 is 1.29. The van der Waals surface area contributed by atoms with Crippen molar-refractivity contribution < 1.29 is 26.2 Å². The monoisotopic (exact) mass is 368 g/mol. The van der Waals surface area contributed by atoms with Crippen LogP contribution >= 0.6 is 19.4 Å². The highest BCUT2D eigenvalue weighted by atomic mass is 32.2. The molecule has 0 aliphatic rings. The molecule has 0 saturated carbocycles. The summed E-state index contributed by atoms with van der Waals surface area (Å²) < 4.78 is 52.2. The molecule has 6 nitrogen and oxygen atoms in total. The molecule has 0 amide bonds. The van der Waals surface area contributed by atoms with Crippen LogP contribution in [-0.2, 0) is 27.9 Å². The summed E-state index contributed by atoms with van der Waals surface area (Å²) in [6.07, 6.45) is 0.743. The van der Waals surface area contributed by atoms with Gasteiger partial charge in [-0.1, -0.05) is 12.1 Å². The second kappa shape index (κ2) is 8.47. The standard InChI is InChI=1S/C13H21O6PS2/c1-5-17-20(14,19-11(2)3)10-18-22(15,16)13-9-7-6-8-12(13)21-4/h6-9,11H,5,10H2,1-4H3. The van der Waals surface area contributed by atoms with E-state index in [1.165, 1.54) is 17.8 Å². The van der Waals surface area contributed by atoms with Gasteiger partial charge in [0.05, 0.1) is 12.7 Å². The molecule has 9 heteroatoms. The lowest BCUT2D eigenvalue weighted by atomic mass is 10.4. The molecule has 0 aliphatic carbocycles. The molecule has 22 heavy (non-hydrogen) atoms. The molecule has 0 N–H and O–H groups in total. The lowest BCUT2D eigenvalue weighted by Gasteiger charge is -2.20. The van der Waals surface area contributed by atoms with Gasteiger partial charge in [0.25, 0.3) is 10.1 Å². The minimum atomic E-state index is -4.04. The Kier molecular flexibility index (Phi) is 7.58. The van der Waals surface area contributed by atoms with Crippen LogP contribution in [0.2, 0.25) is 0 Å². The maximum absolute atomic E-state index is 12.4. The van der Waals surface area contributed by atoms with E-state index in [2.05, 4.69) is 0 Å². The highest BCUT2D eigenvalue weighted by molar-refractivity contribution is 7.99. The first-order valence-electron chi connectivity index (χ1n) is 6.68. The minimum absolute atomic E-state index is 0.0371. The van der Waals surface area contributed by atoms with Crippen LogP contribution in [0.25, 0.3) is 0 Å². The molecule has 0 heterocycles. The largest absolute Gasteiger partial charge is 0.357 e. The summed E-state index contributed by atoms with van der Waals surface area (Å²) in [5, 5.41) is 0. The first kappa shape index (κ1) is 19.7. The average Bonchev–Trinajstić information content (AvgIpc) is 2.45. The molecule has 0 bridgehead atoms. The van der Waals surface area contributed by atoms with Gasteiger partial charge in [0, 0.05) is 4.90 Å². The van der Waals surface area contributed by atoms with Crippen molar-refractivity contribution in [3.8, 4) is 0 Å². The maximum atomic E-state index is 12.4. The molecule has 0 aliphatic heterocycles. The number of benzene rings is 1. The summed E-state index contributed by atoms with van der Waals surface area (Å²) in [6, 6.07) is 6.45. The Bertz CT molecular complexity index is 629. The van der Waals surface area contributed by atoms with Gasteiger partial charge >= 0.3 is 7.60 Å². The number of rotatable bonds is 9. The van der Waals surface area contributed by atoms with Crippen LogP contribution in [0.15, 0.2) is 34.1 Å². The van der Waals surface area contributed by atoms with E-state index < -0.39 is 24.1 Å². The van der Waals surface area contributed by atoms with E-state index in [1.807, 2.05) is 0 Å². The molecule has 1 atom stereocenters. The average molecular weight is 368 g/mol. The van der Waals surface area contributed by atoms with Crippen LogP contribution < -0.4 is 0 Å². The van der Waals surface area contributed by atoms with Crippen molar-refractivity contribution in [1.29, 1.82) is 0 Å². The van der Waals surface area contributed by atoms with E-state index in [0.29, 0.717) is 4.90 Å². The molecule has 0 fully saturated rings. The van der Waals surface area contributed by atoms with Gasteiger partial charge < -0.3 is 9.05 Å². The number of thioether (sulfide) groups is 1. The van der Waals surface area contributed by atoms with E-state index in [0.717, 1.165) is 0 Å². The van der Waals surface area contributed by atoms with Crippen LogP contribution in [0.1, 0.15) is 20.8 Å². The Hall–Kier alpha value is -0.370. The lowest BCUT2D eigenvalue weighted by Crippen LogP contribution is -2.13. The van der Waals surface area contributed by atoms with Crippen LogP contribution in [-0.4, -0.2) is 33.7 Å². The molecule has 1 aromatic carbocycles. The van der Waals surface area contributed by atoms with E-state index in [-0.39, 0.29) is 17.6 Å². The predicted octanol–water partition coefficient (Wildman–Crippen LogP) is 3.73. The van der Waals surface area contributed by atoms with Crippen molar-refractivity contribution >= 4 is 29.5 Å². The van der Waals surface area contributed by atoms with Gasteiger partial charge in [0.2, 0.25) is 0 Å². The van der Waals surface area contributed by atoms with E-state index in [4.69, 9.17) is 13.2 Å². The zero-order valence-corrected chi connectivity index (χ0v) is 15.5. The van der Waals surface area contributed by atoms with Gasteiger partial charge in [-0.05, 0) is 39.2 Å². The van der Waals surface area contributed by atoms with Crippen molar-refractivity contribution in [2.45, 2.75) is 36.7 Å². The van der Waals surface area contributed by atoms with Crippen molar-refractivity contribution in [2.24, 2.45) is 0 Å². The molecular formula is C13H21O6PS2. The van der Waals surface area contributed by atoms with Gasteiger partial charge in [-0.15, -0.1) is 11.8 Å². The fourth-order valence-corrected chi connectivity index (χ4v) is 5.67. The molecule has 0 aromatic heterocycles. The number of hydrogen-bond donors (Lipinski definition) is 0. The topological polar surface area (TPSA) is 78.9 Å². The zero-order valence-electron chi connectivity index (χ0n) is 13.0. The van der Waals surface area contributed by atoms with Gasteiger partial charge in [-0.25, -0.2) is 0 Å². The van der Waals surface area contributed by atoms with Crippen LogP contribution in [0.3, 0.4) is 0 Å². The van der Waals surface area contributed by atoms with Crippen molar-refractivity contribution in [3.05, 3.63) is 24.3 Å². The first-order chi connectivity index (χ1) is 10.2. The molecule has 1 unspecified atom stereocenters. The summed E-state index contributed by atoms with van der Waals surface area (Å²) in [5.74, 6) is 0. The Morgan fingerprint density at radius 1 is 1.27 bits per heavy atom. The summed E-state index contributed by atoms with van der Waals surface area (Å²) in [4.78, 5) is 0.591. The highest BCUT2D eigenvalue weighted by Gasteiger charge is 2.30. The normalized spacial score (nSPS) is 15.0. The molecule has 0 saturated heterocycles. The molecule has 126 valence electrons. The second-order valence-electron chi connectivity index (χ2n) is 4.53. The molecular weight excluding hydrogens is 347 g/mol. The predicted molar refractivity (Wildman–Crippen MR) is 86.8 cm³/mol. The van der Waals surface area contributed by atoms with Crippen LogP contribution in [0.5, 0.6) is 0 Å². The first-order valence-corrected chi connectivity index (χ1v) is 11.0. The Morgan fingerprint density at radius 2 is 1.91 bits per heavy atom. The Morgan fingerprint density at radius 3 is 2.45 bits per heavy atom. The van der Waals surface area contributed by atoms with Crippen molar-refractivity contribution in [3.63, 3.8) is 0 Å². The van der Waals surface area contributed by atoms with E-state index >= 15 is 0 Å². The van der Waals surface area contributed by atoms with E-state index in [9.17, 15) is 13.0 Å². The summed E-state index contributed by atoms with van der Waals surface area (Å²) in [6.45, 7) is 5.15. The van der Waals surface area contributed by atoms with Gasteiger partial charge in [-0.3, -0.25) is 8.75 Å². The van der Waals surface area contributed by atoms with Crippen LogP contribution in [0, 0.1) is 0 Å². The van der Waals surface area contributed by atoms with Gasteiger partial charge in [0.1, 0.15) is 4.90 Å². The minimum Gasteiger partial charge on any atom is -0.307 e. The fraction of sp³-hybridized carbons (Fsp3) is 0.538. The highest BCUT2D eigenvalue weighted by Crippen LogP contribution is 2.49. The molecule has 0 spiro atoms. The maximum Gasteiger partial charge on any atom is 0.357 e. The summed E-state index contributed by atoms with van der Waals surface area (Å²) in [7, 11) is -7.67. The Labute approximate surface area is 136 Å². The van der Waals surface area contributed by atoms with Crippen molar-refractivity contribution in [1.82, 2.24) is 0 Å². The quantitative estimate of drug-likeness (QED) is 0.373. The lowest BCUT2D eigenvalue weighted by molar-refractivity contribution is 0.158. The SMILES string of the molecule is CCOP(=O)(COS(=O)(=O)c1ccccc1SC)OC(C)C. The van der Waals surface area contributed by atoms with Gasteiger partial charge in [0.15, 0.2) is 6.35 Å². The second-order valence-corrected chi connectivity index (χ2v) is 8.92. The smallest absolute Gasteiger partial charge is 0.307 e. The fourth-order valence-electron chi connectivity index (χ4n) is 1.64. The summed E-state index contributed by atoms with van der Waals surface area (Å²) in [5.41, 5.74) is 0. The number of hydrogen-bond acceptors (Lipinski definition) is 7. The van der Waals surface area contributed by atoms with Crippen molar-refractivity contribution in [2.75, 3.05) is 19.2 Å². The molecule has 0 radical (unpaired) electrons. The Balaban J connectivity index is 2.94. The van der Waals surface area contributed by atoms with Crippen LogP contribution in [0.4, 0.5) is 0 Å². The third-order valence-electron chi connectivity index (χ3n) is 2.40. The third kappa shape index (κ3) is 5.68. The third-order valence-corrected chi connectivity index (χ3v) is 6.66. The van der Waals surface area contributed by atoms with E-state index in [1.54, 1.807) is 45.2 Å². The molecule has 1 aromatic rings. The zero-order chi connectivity index (χ0) is 16.8.